The van der Waals surface area contributed by atoms with Gasteiger partial charge in [-0.25, -0.2) is 0 Å². The SMILES string of the molecule is O=C(CCC(=O)OC/C=C/c1ccccc1)OC=CCc1ccccc1. The molecule has 2 rings (SSSR count). The van der Waals surface area contributed by atoms with Crippen LogP contribution in [0.1, 0.15) is 24.0 Å². The number of hydrogen-bond donors (Lipinski definition) is 0. The highest BCUT2D eigenvalue weighted by Crippen LogP contribution is 2.03. The lowest BCUT2D eigenvalue weighted by molar-refractivity contribution is -0.147. The van der Waals surface area contributed by atoms with Crippen LogP contribution >= 0.6 is 0 Å². The Labute approximate surface area is 153 Å². The highest BCUT2D eigenvalue weighted by Gasteiger charge is 2.07. The van der Waals surface area contributed by atoms with E-state index in [0.29, 0.717) is 6.42 Å². The second-order valence-electron chi connectivity index (χ2n) is 5.55. The lowest BCUT2D eigenvalue weighted by Crippen LogP contribution is -2.08. The first-order chi connectivity index (χ1) is 12.7. The van der Waals surface area contributed by atoms with Crippen LogP contribution in [0.5, 0.6) is 0 Å². The van der Waals surface area contributed by atoms with E-state index in [1.807, 2.05) is 66.7 Å². The summed E-state index contributed by atoms with van der Waals surface area (Å²) in [6, 6.07) is 19.6. The lowest BCUT2D eigenvalue weighted by Gasteiger charge is -2.01. The van der Waals surface area contributed by atoms with Gasteiger partial charge in [0.05, 0.1) is 19.1 Å². The summed E-state index contributed by atoms with van der Waals surface area (Å²) in [7, 11) is 0. The molecular weight excluding hydrogens is 328 g/mol. The Balaban J connectivity index is 1.56. The zero-order valence-electron chi connectivity index (χ0n) is 14.5. The summed E-state index contributed by atoms with van der Waals surface area (Å²) in [6.07, 6.45) is 7.45. The Kier molecular flexibility index (Phi) is 8.43. The molecule has 2 aromatic rings. The normalized spacial score (nSPS) is 10.9. The number of esters is 2. The van der Waals surface area contributed by atoms with Gasteiger partial charge >= 0.3 is 11.9 Å². The van der Waals surface area contributed by atoms with Gasteiger partial charge in [-0.05, 0) is 29.7 Å². The second-order valence-corrected chi connectivity index (χ2v) is 5.55. The zero-order valence-corrected chi connectivity index (χ0v) is 14.5. The quantitative estimate of drug-likeness (QED) is 0.499. The van der Waals surface area contributed by atoms with Crippen molar-refractivity contribution in [2.24, 2.45) is 0 Å². The van der Waals surface area contributed by atoms with E-state index < -0.39 is 11.9 Å². The first kappa shape index (κ1) is 19.2. The minimum Gasteiger partial charge on any atom is -0.461 e. The molecular formula is C22H22O4. The van der Waals surface area contributed by atoms with Crippen LogP contribution in [0.3, 0.4) is 0 Å². The van der Waals surface area contributed by atoms with Crippen molar-refractivity contribution in [1.82, 2.24) is 0 Å². The minimum absolute atomic E-state index is 0.00307. The number of carbonyl (C=O) groups excluding carboxylic acids is 2. The van der Waals surface area contributed by atoms with Gasteiger partial charge in [0.15, 0.2) is 0 Å². The molecule has 0 aliphatic heterocycles. The van der Waals surface area contributed by atoms with Gasteiger partial charge in [-0.15, -0.1) is 0 Å². The van der Waals surface area contributed by atoms with Crippen molar-refractivity contribution in [1.29, 1.82) is 0 Å². The summed E-state index contributed by atoms with van der Waals surface area (Å²) in [5, 5.41) is 0. The summed E-state index contributed by atoms with van der Waals surface area (Å²) in [4.78, 5) is 23.2. The van der Waals surface area contributed by atoms with Gasteiger partial charge in [-0.2, -0.15) is 0 Å². The van der Waals surface area contributed by atoms with E-state index in [0.717, 1.165) is 11.1 Å². The average molecular weight is 350 g/mol. The van der Waals surface area contributed by atoms with Crippen LogP contribution in [-0.4, -0.2) is 18.5 Å². The molecule has 0 aliphatic carbocycles. The van der Waals surface area contributed by atoms with E-state index >= 15 is 0 Å². The molecule has 2 aromatic carbocycles. The monoisotopic (exact) mass is 350 g/mol. The third-order valence-corrected chi connectivity index (χ3v) is 3.48. The number of rotatable bonds is 9. The molecule has 0 saturated heterocycles. The van der Waals surface area contributed by atoms with E-state index in [4.69, 9.17) is 9.47 Å². The molecule has 0 radical (unpaired) electrons. The topological polar surface area (TPSA) is 52.6 Å². The van der Waals surface area contributed by atoms with E-state index in [9.17, 15) is 9.59 Å². The molecule has 0 fully saturated rings. The number of allylic oxidation sites excluding steroid dienone is 1. The number of carbonyl (C=O) groups is 2. The summed E-state index contributed by atoms with van der Waals surface area (Å²) in [5.41, 5.74) is 2.17. The van der Waals surface area contributed by atoms with Gasteiger partial charge in [-0.3, -0.25) is 9.59 Å². The van der Waals surface area contributed by atoms with Crippen LogP contribution in [-0.2, 0) is 25.5 Å². The number of ether oxygens (including phenoxy) is 2. The first-order valence-corrected chi connectivity index (χ1v) is 8.49. The molecule has 4 heteroatoms. The van der Waals surface area contributed by atoms with Crippen molar-refractivity contribution in [2.75, 3.05) is 6.61 Å². The van der Waals surface area contributed by atoms with Crippen LogP contribution in [0.4, 0.5) is 0 Å². The predicted molar refractivity (Wildman–Crippen MR) is 101 cm³/mol. The first-order valence-electron chi connectivity index (χ1n) is 8.49. The third-order valence-electron chi connectivity index (χ3n) is 3.48. The van der Waals surface area contributed by atoms with Crippen molar-refractivity contribution >= 4 is 18.0 Å². The molecule has 0 aromatic heterocycles. The molecule has 0 aliphatic rings. The number of benzene rings is 2. The summed E-state index contributed by atoms with van der Waals surface area (Å²) in [5.74, 6) is -0.876. The molecule has 134 valence electrons. The van der Waals surface area contributed by atoms with Crippen LogP contribution in [0.25, 0.3) is 6.08 Å². The number of hydrogen-bond acceptors (Lipinski definition) is 4. The van der Waals surface area contributed by atoms with Crippen molar-refractivity contribution < 1.29 is 19.1 Å². The van der Waals surface area contributed by atoms with E-state index in [1.54, 1.807) is 12.2 Å². The third kappa shape index (κ3) is 8.11. The van der Waals surface area contributed by atoms with E-state index in [2.05, 4.69) is 0 Å². The fraction of sp³-hybridized carbons (Fsp3) is 0.182. The smallest absolute Gasteiger partial charge is 0.311 e. The molecule has 4 nitrogen and oxygen atoms in total. The Bertz CT molecular complexity index is 733. The van der Waals surface area contributed by atoms with Gasteiger partial charge in [0.1, 0.15) is 6.61 Å². The maximum atomic E-state index is 11.6. The van der Waals surface area contributed by atoms with Gasteiger partial charge in [0.25, 0.3) is 0 Å². The summed E-state index contributed by atoms with van der Waals surface area (Å²) in [6.45, 7) is 0.180. The predicted octanol–water partition coefficient (Wildman–Crippen LogP) is 4.32. The van der Waals surface area contributed by atoms with Crippen molar-refractivity contribution in [3.63, 3.8) is 0 Å². The highest BCUT2D eigenvalue weighted by atomic mass is 16.5. The summed E-state index contributed by atoms with van der Waals surface area (Å²) >= 11 is 0. The van der Waals surface area contributed by atoms with E-state index in [1.165, 1.54) is 6.26 Å². The van der Waals surface area contributed by atoms with Crippen molar-refractivity contribution in [3.05, 3.63) is 90.2 Å². The maximum Gasteiger partial charge on any atom is 0.311 e. The Morgan fingerprint density at radius 2 is 1.46 bits per heavy atom. The Morgan fingerprint density at radius 3 is 2.19 bits per heavy atom. The Hall–Kier alpha value is -3.14. The highest BCUT2D eigenvalue weighted by molar-refractivity contribution is 5.78. The molecule has 0 heterocycles. The van der Waals surface area contributed by atoms with Crippen LogP contribution in [0, 0.1) is 0 Å². The van der Waals surface area contributed by atoms with Crippen molar-refractivity contribution in [3.8, 4) is 0 Å². The van der Waals surface area contributed by atoms with Gasteiger partial charge in [0, 0.05) is 0 Å². The molecule has 0 bridgehead atoms. The molecule has 26 heavy (non-hydrogen) atoms. The van der Waals surface area contributed by atoms with Crippen molar-refractivity contribution in [2.45, 2.75) is 19.3 Å². The largest absolute Gasteiger partial charge is 0.461 e. The van der Waals surface area contributed by atoms with Gasteiger partial charge in [-0.1, -0.05) is 66.7 Å². The fourth-order valence-corrected chi connectivity index (χ4v) is 2.15. The molecule has 0 spiro atoms. The molecule has 0 N–H and O–H groups in total. The summed E-state index contributed by atoms with van der Waals surface area (Å²) < 4.78 is 10.0. The maximum absolute atomic E-state index is 11.6. The van der Waals surface area contributed by atoms with Gasteiger partial charge in [0.2, 0.25) is 0 Å². The van der Waals surface area contributed by atoms with Gasteiger partial charge < -0.3 is 9.47 Å². The molecule has 0 atom stereocenters. The van der Waals surface area contributed by atoms with Crippen LogP contribution < -0.4 is 0 Å². The van der Waals surface area contributed by atoms with Crippen LogP contribution in [0.15, 0.2) is 79.1 Å². The zero-order chi connectivity index (χ0) is 18.5. The second kappa shape index (κ2) is 11.4. The minimum atomic E-state index is -0.453. The van der Waals surface area contributed by atoms with E-state index in [-0.39, 0.29) is 19.4 Å². The Morgan fingerprint density at radius 1 is 0.808 bits per heavy atom. The fourth-order valence-electron chi connectivity index (χ4n) is 2.15. The average Bonchev–Trinajstić information content (AvgIpc) is 2.68. The molecule has 0 saturated carbocycles. The van der Waals surface area contributed by atoms with Crippen LogP contribution in [0.2, 0.25) is 0 Å². The lowest BCUT2D eigenvalue weighted by atomic mass is 10.2. The molecule has 0 amide bonds. The molecule has 0 unspecified atom stereocenters. The standard InChI is InChI=1S/C22H22O4/c23-21(25-17-7-13-19-9-3-1-4-10-19)15-16-22(24)26-18-8-14-20-11-5-2-6-12-20/h1-13,18H,14-17H2/b13-7+,18-8?.